The summed E-state index contributed by atoms with van der Waals surface area (Å²) in [4.78, 5) is 25.1. The average molecular weight is 471 g/mol. The van der Waals surface area contributed by atoms with E-state index in [-0.39, 0.29) is 18.6 Å². The first kappa shape index (κ1) is 27.2. The predicted molar refractivity (Wildman–Crippen MR) is 133 cm³/mol. The Kier molecular flexibility index (Phi) is 8.07. The largest absolute Gasteiger partial charge is 0.491 e. The minimum Gasteiger partial charge on any atom is -0.491 e. The zero-order chi connectivity index (χ0) is 25.9. The zero-order valence-electron chi connectivity index (χ0n) is 21.5. The monoisotopic (exact) mass is 470 g/mol. The Morgan fingerprint density at radius 3 is 1.35 bits per heavy atom. The molecule has 0 radical (unpaired) electrons. The first-order chi connectivity index (χ1) is 15.6. The maximum absolute atomic E-state index is 13.3. The van der Waals surface area contributed by atoms with Crippen molar-refractivity contribution in [3.8, 4) is 11.5 Å². The maximum atomic E-state index is 13.3. The van der Waals surface area contributed by atoms with Crippen LogP contribution in [0.4, 0.5) is 0 Å². The van der Waals surface area contributed by atoms with E-state index in [1.54, 1.807) is 48.5 Å². The van der Waals surface area contributed by atoms with E-state index >= 15 is 0 Å². The summed E-state index contributed by atoms with van der Waals surface area (Å²) in [5.41, 5.74) is -2.34. The van der Waals surface area contributed by atoms with Crippen molar-refractivity contribution >= 4 is 11.9 Å². The highest BCUT2D eigenvalue weighted by molar-refractivity contribution is 5.88. The molecule has 0 saturated heterocycles. The fraction of sp³-hybridized carbons (Fsp3) is 0.500. The molecule has 2 rings (SSSR count). The molecule has 34 heavy (non-hydrogen) atoms. The molecule has 0 aromatic heterocycles. The van der Waals surface area contributed by atoms with E-state index in [9.17, 15) is 19.8 Å². The predicted octanol–water partition coefficient (Wildman–Crippen LogP) is 6.16. The highest BCUT2D eigenvalue weighted by Crippen LogP contribution is 2.58. The van der Waals surface area contributed by atoms with Gasteiger partial charge in [0.1, 0.15) is 16.9 Å². The summed E-state index contributed by atoms with van der Waals surface area (Å²) in [5.74, 6) is -0.743. The molecular formula is C28H38O6. The van der Waals surface area contributed by atoms with E-state index in [4.69, 9.17) is 9.47 Å². The molecule has 2 N–H and O–H groups in total. The van der Waals surface area contributed by atoms with Crippen LogP contribution in [0.2, 0.25) is 0 Å². The smallest absolute Gasteiger partial charge is 0.319 e. The van der Waals surface area contributed by atoms with Gasteiger partial charge >= 0.3 is 11.9 Å². The van der Waals surface area contributed by atoms with Crippen LogP contribution in [0.3, 0.4) is 0 Å². The van der Waals surface area contributed by atoms with E-state index in [1.165, 1.54) is 0 Å². The van der Waals surface area contributed by atoms with Crippen molar-refractivity contribution in [2.45, 2.75) is 79.4 Å². The highest BCUT2D eigenvalue weighted by Gasteiger charge is 2.60. The lowest BCUT2D eigenvalue weighted by atomic mass is 9.48. The van der Waals surface area contributed by atoms with Gasteiger partial charge < -0.3 is 19.7 Å². The fourth-order valence-corrected chi connectivity index (χ4v) is 4.62. The minimum atomic E-state index is -1.54. The molecule has 0 aliphatic rings. The van der Waals surface area contributed by atoms with Crippen LogP contribution in [0.1, 0.15) is 72.9 Å². The standard InChI is InChI=1S/C28H38O6/c1-18(2)33-22-13-9-20(10-14-22)28(25(31)32,27(7,8)26(5,6)17-24(29)30)21-11-15-23(16-12-21)34-19(3)4/h9-16,18-19H,17H2,1-8H3,(H,29,30)(H,31,32). The second kappa shape index (κ2) is 10.1. The Bertz CT molecular complexity index is 931. The summed E-state index contributed by atoms with van der Waals surface area (Å²) in [6, 6.07) is 14.1. The molecule has 6 nitrogen and oxygen atoms in total. The van der Waals surface area contributed by atoms with Gasteiger partial charge in [-0.25, -0.2) is 0 Å². The van der Waals surface area contributed by atoms with Crippen LogP contribution in [0, 0.1) is 10.8 Å². The fourth-order valence-electron chi connectivity index (χ4n) is 4.62. The van der Waals surface area contributed by atoms with Gasteiger partial charge in [0.25, 0.3) is 0 Å². The number of carboxylic acids is 2. The molecular weight excluding hydrogens is 432 g/mol. The van der Waals surface area contributed by atoms with Crippen LogP contribution >= 0.6 is 0 Å². The summed E-state index contributed by atoms with van der Waals surface area (Å²) in [6.45, 7) is 15.0. The zero-order valence-corrected chi connectivity index (χ0v) is 21.5. The molecule has 0 heterocycles. The van der Waals surface area contributed by atoms with Crippen LogP contribution in [0.15, 0.2) is 48.5 Å². The Labute approximate surface area is 202 Å². The topological polar surface area (TPSA) is 93.1 Å². The number of benzene rings is 2. The van der Waals surface area contributed by atoms with E-state index in [0.717, 1.165) is 0 Å². The molecule has 0 unspecified atom stereocenters. The lowest BCUT2D eigenvalue weighted by Gasteiger charge is -2.53. The second-order valence-corrected chi connectivity index (χ2v) is 10.5. The number of rotatable bonds is 11. The number of aliphatic carboxylic acids is 2. The molecule has 6 heteroatoms. The van der Waals surface area contributed by atoms with Crippen molar-refractivity contribution in [1.29, 1.82) is 0 Å². The van der Waals surface area contributed by atoms with Gasteiger partial charge in [0.05, 0.1) is 18.6 Å². The van der Waals surface area contributed by atoms with Crippen molar-refractivity contribution < 1.29 is 29.3 Å². The van der Waals surface area contributed by atoms with Gasteiger partial charge in [-0.3, -0.25) is 9.59 Å². The van der Waals surface area contributed by atoms with Crippen molar-refractivity contribution in [2.75, 3.05) is 0 Å². The number of ether oxygens (including phenoxy) is 2. The Balaban J connectivity index is 2.82. The third-order valence-electron chi connectivity index (χ3n) is 6.86. The van der Waals surface area contributed by atoms with Crippen LogP contribution in [0.5, 0.6) is 11.5 Å². The second-order valence-electron chi connectivity index (χ2n) is 10.5. The van der Waals surface area contributed by atoms with Crippen LogP contribution in [-0.4, -0.2) is 34.4 Å². The lowest BCUT2D eigenvalue weighted by molar-refractivity contribution is -0.155. The molecule has 2 aromatic rings. The highest BCUT2D eigenvalue weighted by atomic mass is 16.5. The average Bonchev–Trinajstić information content (AvgIpc) is 2.68. The molecule has 0 aliphatic heterocycles. The Hall–Kier alpha value is -3.02. The van der Waals surface area contributed by atoms with E-state index < -0.39 is 28.2 Å². The van der Waals surface area contributed by atoms with Gasteiger partial charge in [0, 0.05) is 0 Å². The summed E-state index contributed by atoms with van der Waals surface area (Å²) in [7, 11) is 0. The summed E-state index contributed by atoms with van der Waals surface area (Å²) < 4.78 is 11.5. The van der Waals surface area contributed by atoms with Crippen LogP contribution < -0.4 is 9.47 Å². The summed E-state index contributed by atoms with van der Waals surface area (Å²) in [6.07, 6.45) is -0.220. The van der Waals surface area contributed by atoms with E-state index in [0.29, 0.717) is 22.6 Å². The number of carbonyl (C=O) groups is 2. The quantitative estimate of drug-likeness (QED) is 0.409. The third-order valence-corrected chi connectivity index (χ3v) is 6.86. The number of hydrogen-bond donors (Lipinski definition) is 2. The third kappa shape index (κ3) is 5.21. The van der Waals surface area contributed by atoms with Gasteiger partial charge in [-0.05, 0) is 73.9 Å². The summed E-state index contributed by atoms with van der Waals surface area (Å²) >= 11 is 0. The first-order valence-corrected chi connectivity index (χ1v) is 11.6. The number of hydrogen-bond acceptors (Lipinski definition) is 4. The first-order valence-electron chi connectivity index (χ1n) is 11.6. The van der Waals surface area contributed by atoms with E-state index in [1.807, 2.05) is 55.4 Å². The minimum absolute atomic E-state index is 0.0190. The normalized spacial score (nSPS) is 12.6. The molecule has 0 atom stereocenters. The van der Waals surface area contributed by atoms with Crippen molar-refractivity contribution in [2.24, 2.45) is 10.8 Å². The Morgan fingerprint density at radius 1 is 0.735 bits per heavy atom. The van der Waals surface area contributed by atoms with Crippen molar-refractivity contribution in [3.63, 3.8) is 0 Å². The van der Waals surface area contributed by atoms with Gasteiger partial charge in [-0.15, -0.1) is 0 Å². The molecule has 0 saturated carbocycles. The maximum Gasteiger partial charge on any atom is 0.319 e. The van der Waals surface area contributed by atoms with Crippen molar-refractivity contribution in [1.82, 2.24) is 0 Å². The van der Waals surface area contributed by atoms with Gasteiger partial charge in [-0.1, -0.05) is 52.0 Å². The van der Waals surface area contributed by atoms with Gasteiger partial charge in [-0.2, -0.15) is 0 Å². The van der Waals surface area contributed by atoms with Crippen LogP contribution in [-0.2, 0) is 15.0 Å². The van der Waals surface area contributed by atoms with Gasteiger partial charge in [0.2, 0.25) is 0 Å². The van der Waals surface area contributed by atoms with Crippen molar-refractivity contribution in [3.05, 3.63) is 59.7 Å². The molecule has 0 spiro atoms. The Morgan fingerprint density at radius 2 is 1.09 bits per heavy atom. The SMILES string of the molecule is CC(C)Oc1ccc(C(C(=O)O)(c2ccc(OC(C)C)cc2)C(C)(C)C(C)(C)CC(=O)O)cc1. The van der Waals surface area contributed by atoms with Gasteiger partial charge in [0.15, 0.2) is 0 Å². The lowest BCUT2D eigenvalue weighted by Crippen LogP contribution is -2.56. The number of carboxylic acid groups (broad SMARTS) is 2. The molecule has 0 fully saturated rings. The molecule has 0 bridgehead atoms. The molecule has 0 aliphatic carbocycles. The van der Waals surface area contributed by atoms with E-state index in [2.05, 4.69) is 0 Å². The molecule has 0 amide bonds. The van der Waals surface area contributed by atoms with Crippen LogP contribution in [0.25, 0.3) is 0 Å². The molecule has 2 aromatic carbocycles. The summed E-state index contributed by atoms with van der Waals surface area (Å²) in [5, 5.41) is 20.5. The molecule has 186 valence electrons.